The van der Waals surface area contributed by atoms with Crippen molar-refractivity contribution in [1.82, 2.24) is 0 Å². The Morgan fingerprint density at radius 1 is 1.27 bits per heavy atom. The summed E-state index contributed by atoms with van der Waals surface area (Å²) in [4.78, 5) is 34.7. The maximum Gasteiger partial charge on any atom is 0.341 e. The van der Waals surface area contributed by atoms with E-state index in [-0.39, 0.29) is 28.3 Å². The summed E-state index contributed by atoms with van der Waals surface area (Å²) < 4.78 is 10.4. The van der Waals surface area contributed by atoms with Crippen molar-refractivity contribution in [3.8, 4) is 5.75 Å². The van der Waals surface area contributed by atoms with E-state index in [4.69, 9.17) is 9.47 Å². The van der Waals surface area contributed by atoms with Crippen molar-refractivity contribution >= 4 is 33.2 Å². The van der Waals surface area contributed by atoms with Crippen molar-refractivity contribution in [1.29, 1.82) is 0 Å². The smallest absolute Gasteiger partial charge is 0.341 e. The van der Waals surface area contributed by atoms with Crippen LogP contribution in [0.5, 0.6) is 5.75 Å². The zero-order chi connectivity index (χ0) is 19.3. The fraction of sp³-hybridized carbons (Fsp3) is 0.294. The van der Waals surface area contributed by atoms with E-state index in [1.54, 1.807) is 31.2 Å². The molecule has 1 aromatic heterocycles. The van der Waals surface area contributed by atoms with Crippen LogP contribution in [0.25, 0.3) is 0 Å². The third kappa shape index (κ3) is 4.79. The lowest BCUT2D eigenvalue weighted by atomic mass is 10.2. The molecule has 1 N–H and O–H groups in total. The largest absolute Gasteiger partial charge is 0.491 e. The summed E-state index contributed by atoms with van der Waals surface area (Å²) >= 11 is 0.700. The number of benzene rings is 1. The number of hydrogen-bond donors (Lipinski definition) is 1. The molecular formula is C17H18N2O6S. The Labute approximate surface area is 153 Å². The number of nitrogens with one attached hydrogen (secondary N) is 1. The number of carbonyl (C=O) groups is 2. The maximum atomic E-state index is 12.4. The van der Waals surface area contributed by atoms with Gasteiger partial charge in [0.2, 0.25) is 0 Å². The third-order valence-electron chi connectivity index (χ3n) is 3.11. The lowest BCUT2D eigenvalue weighted by Gasteiger charge is -2.10. The molecule has 1 amide bonds. The third-order valence-corrected chi connectivity index (χ3v) is 4.11. The standard InChI is InChI=1S/C17H18N2O6S/c1-4-24-17(21)13-9-14(19(22)23)26-16(13)18-15(20)11-5-7-12(8-6-11)25-10(2)3/h5-10H,4H2,1-3H3,(H,18,20). The number of thiophene rings is 1. The van der Waals surface area contributed by atoms with Crippen LogP contribution in [-0.4, -0.2) is 29.5 Å². The highest BCUT2D eigenvalue weighted by Gasteiger charge is 2.24. The second kappa shape index (κ2) is 8.43. The molecule has 0 aliphatic rings. The van der Waals surface area contributed by atoms with Crippen molar-refractivity contribution in [2.75, 3.05) is 11.9 Å². The first-order valence-electron chi connectivity index (χ1n) is 7.85. The molecule has 2 aromatic rings. The van der Waals surface area contributed by atoms with Crippen molar-refractivity contribution < 1.29 is 24.0 Å². The average Bonchev–Trinajstić information content (AvgIpc) is 2.99. The van der Waals surface area contributed by atoms with Gasteiger partial charge in [0.25, 0.3) is 5.91 Å². The molecular weight excluding hydrogens is 360 g/mol. The molecule has 0 unspecified atom stereocenters. The van der Waals surface area contributed by atoms with Crippen LogP contribution in [0.2, 0.25) is 0 Å². The van der Waals surface area contributed by atoms with Crippen molar-refractivity contribution in [2.45, 2.75) is 26.9 Å². The highest BCUT2D eigenvalue weighted by Crippen LogP contribution is 2.34. The Hall–Kier alpha value is -2.94. The molecule has 2 rings (SSSR count). The van der Waals surface area contributed by atoms with Crippen LogP contribution in [-0.2, 0) is 4.74 Å². The van der Waals surface area contributed by atoms with Crippen LogP contribution in [0.3, 0.4) is 0 Å². The molecule has 0 saturated heterocycles. The zero-order valence-corrected chi connectivity index (χ0v) is 15.3. The van der Waals surface area contributed by atoms with E-state index in [2.05, 4.69) is 5.32 Å². The molecule has 0 radical (unpaired) electrons. The van der Waals surface area contributed by atoms with Crippen molar-refractivity contribution in [3.05, 3.63) is 51.6 Å². The Morgan fingerprint density at radius 3 is 2.46 bits per heavy atom. The summed E-state index contributed by atoms with van der Waals surface area (Å²) in [5.41, 5.74) is 0.281. The second-order valence-corrected chi connectivity index (χ2v) is 6.48. The number of nitrogens with zero attached hydrogens (tertiary/aromatic N) is 1. The molecule has 0 fully saturated rings. The van der Waals surface area contributed by atoms with E-state index >= 15 is 0 Å². The monoisotopic (exact) mass is 378 g/mol. The normalized spacial score (nSPS) is 10.5. The first-order chi connectivity index (χ1) is 12.3. The van der Waals surface area contributed by atoms with Crippen LogP contribution in [0.15, 0.2) is 30.3 Å². The number of anilines is 1. The Morgan fingerprint density at radius 2 is 1.92 bits per heavy atom. The van der Waals surface area contributed by atoms with Crippen LogP contribution in [0.4, 0.5) is 10.0 Å². The topological polar surface area (TPSA) is 108 Å². The van der Waals surface area contributed by atoms with Gasteiger partial charge in [0, 0.05) is 11.6 Å². The lowest BCUT2D eigenvalue weighted by molar-refractivity contribution is -0.380. The summed E-state index contributed by atoms with van der Waals surface area (Å²) in [6.07, 6.45) is 0.00785. The van der Waals surface area contributed by atoms with Crippen LogP contribution >= 0.6 is 11.3 Å². The number of ether oxygens (including phenoxy) is 2. The average molecular weight is 378 g/mol. The van der Waals surface area contributed by atoms with Gasteiger partial charge in [0.1, 0.15) is 16.3 Å². The molecule has 0 spiro atoms. The van der Waals surface area contributed by atoms with Crippen LogP contribution < -0.4 is 10.1 Å². The van der Waals surface area contributed by atoms with Gasteiger partial charge in [-0.1, -0.05) is 0 Å². The first kappa shape index (κ1) is 19.4. The number of carbonyl (C=O) groups excluding carboxylic acids is 2. The van der Waals surface area contributed by atoms with Gasteiger partial charge in [0.05, 0.1) is 17.6 Å². The van der Waals surface area contributed by atoms with E-state index < -0.39 is 16.8 Å². The van der Waals surface area contributed by atoms with E-state index in [0.29, 0.717) is 22.6 Å². The first-order valence-corrected chi connectivity index (χ1v) is 8.66. The van der Waals surface area contributed by atoms with Gasteiger partial charge in [-0.25, -0.2) is 4.79 Å². The minimum Gasteiger partial charge on any atom is -0.491 e. The molecule has 0 atom stereocenters. The fourth-order valence-corrected chi connectivity index (χ4v) is 2.91. The summed E-state index contributed by atoms with van der Waals surface area (Å²) in [5.74, 6) is -0.605. The molecule has 0 bridgehead atoms. The summed E-state index contributed by atoms with van der Waals surface area (Å²) in [6, 6.07) is 7.53. The summed E-state index contributed by atoms with van der Waals surface area (Å²) in [6.45, 7) is 5.52. The van der Waals surface area contributed by atoms with Crippen molar-refractivity contribution in [2.24, 2.45) is 0 Å². The number of amides is 1. The van der Waals surface area contributed by atoms with E-state index in [1.165, 1.54) is 0 Å². The van der Waals surface area contributed by atoms with E-state index in [0.717, 1.165) is 6.07 Å². The molecule has 0 aliphatic carbocycles. The quantitative estimate of drug-likeness (QED) is 0.445. The number of esters is 1. The SMILES string of the molecule is CCOC(=O)c1cc([N+](=O)[O-])sc1NC(=O)c1ccc(OC(C)C)cc1. The fourth-order valence-electron chi connectivity index (χ4n) is 2.05. The lowest BCUT2D eigenvalue weighted by Crippen LogP contribution is -2.14. The van der Waals surface area contributed by atoms with E-state index in [1.807, 2.05) is 13.8 Å². The predicted octanol–water partition coefficient (Wildman–Crippen LogP) is 3.87. The van der Waals surface area contributed by atoms with E-state index in [9.17, 15) is 19.7 Å². The van der Waals surface area contributed by atoms with Gasteiger partial charge in [0.15, 0.2) is 0 Å². The van der Waals surface area contributed by atoms with Gasteiger partial charge in [-0.05, 0) is 56.4 Å². The minimum absolute atomic E-state index is 0.00785. The summed E-state index contributed by atoms with van der Waals surface area (Å²) in [5, 5.41) is 13.3. The Bertz CT molecular complexity index is 813. The molecule has 0 aliphatic heterocycles. The Balaban J connectivity index is 2.22. The maximum absolute atomic E-state index is 12.4. The number of nitro groups is 1. The number of hydrogen-bond acceptors (Lipinski definition) is 7. The zero-order valence-electron chi connectivity index (χ0n) is 14.5. The van der Waals surface area contributed by atoms with Crippen LogP contribution in [0.1, 0.15) is 41.5 Å². The predicted molar refractivity (Wildman–Crippen MR) is 97.1 cm³/mol. The van der Waals surface area contributed by atoms with Crippen LogP contribution in [0, 0.1) is 10.1 Å². The van der Waals surface area contributed by atoms with Gasteiger partial charge < -0.3 is 14.8 Å². The molecule has 0 saturated carbocycles. The molecule has 8 nitrogen and oxygen atoms in total. The van der Waals surface area contributed by atoms with Gasteiger partial charge in [-0.2, -0.15) is 0 Å². The Kier molecular flexibility index (Phi) is 6.29. The molecule has 26 heavy (non-hydrogen) atoms. The molecule has 9 heteroatoms. The summed E-state index contributed by atoms with van der Waals surface area (Å²) in [7, 11) is 0. The highest BCUT2D eigenvalue weighted by atomic mass is 32.1. The number of rotatable bonds is 7. The van der Waals surface area contributed by atoms with Gasteiger partial charge >= 0.3 is 11.0 Å². The molecule has 138 valence electrons. The van der Waals surface area contributed by atoms with Gasteiger partial charge in [-0.3, -0.25) is 14.9 Å². The molecule has 1 aromatic carbocycles. The van der Waals surface area contributed by atoms with Crippen molar-refractivity contribution in [3.63, 3.8) is 0 Å². The molecule has 1 heterocycles. The minimum atomic E-state index is -0.729. The van der Waals surface area contributed by atoms with Gasteiger partial charge in [-0.15, -0.1) is 0 Å². The highest BCUT2D eigenvalue weighted by molar-refractivity contribution is 7.19. The second-order valence-electron chi connectivity index (χ2n) is 5.45.